The number of hydrogen-bond acceptors (Lipinski definition) is 5. The Balaban J connectivity index is 2.06. The second-order valence-corrected chi connectivity index (χ2v) is 9.19. The number of ketones is 1. The van der Waals surface area contributed by atoms with Crippen LogP contribution in [0.4, 0.5) is 13.2 Å². The van der Waals surface area contributed by atoms with Gasteiger partial charge in [-0.2, -0.15) is 13.2 Å². The molecule has 3 rings (SSSR count). The maximum absolute atomic E-state index is 13.1. The van der Waals surface area contributed by atoms with Crippen molar-refractivity contribution in [2.24, 2.45) is 0 Å². The Bertz CT molecular complexity index is 1050. The number of sulfone groups is 1. The van der Waals surface area contributed by atoms with E-state index in [0.717, 1.165) is 12.1 Å². The first-order valence-corrected chi connectivity index (χ1v) is 10.3. The predicted molar refractivity (Wildman–Crippen MR) is 97.5 cm³/mol. The molecule has 0 amide bonds. The second-order valence-electron chi connectivity index (χ2n) is 6.23. The zero-order valence-electron chi connectivity index (χ0n) is 14.0. The van der Waals surface area contributed by atoms with Crippen molar-refractivity contribution < 1.29 is 31.5 Å². The number of hydrogen-bond donors (Lipinski definition) is 1. The highest BCUT2D eigenvalue weighted by Crippen LogP contribution is 2.40. The van der Waals surface area contributed by atoms with E-state index in [9.17, 15) is 31.5 Å². The Morgan fingerprint density at radius 1 is 1.18 bits per heavy atom. The summed E-state index contributed by atoms with van der Waals surface area (Å²) < 4.78 is 64.7. The van der Waals surface area contributed by atoms with Crippen LogP contribution in [0.25, 0.3) is 0 Å². The summed E-state index contributed by atoms with van der Waals surface area (Å²) in [5, 5.41) is 8.55. The minimum absolute atomic E-state index is 0.104. The summed E-state index contributed by atoms with van der Waals surface area (Å²) in [5.41, 5.74) is -0.792. The topological polar surface area (TPSA) is 84.3 Å². The molecule has 0 spiro atoms. The predicted octanol–water partition coefficient (Wildman–Crippen LogP) is 4.02. The summed E-state index contributed by atoms with van der Waals surface area (Å²) in [6.07, 6.45) is -1.78. The molecule has 0 fully saturated rings. The van der Waals surface area contributed by atoms with Gasteiger partial charge in [0.15, 0.2) is 15.6 Å². The molecule has 28 heavy (non-hydrogen) atoms. The molecule has 1 aliphatic rings. The highest BCUT2D eigenvalue weighted by atomic mass is 79.9. The van der Waals surface area contributed by atoms with Gasteiger partial charge >= 0.3 is 6.18 Å². The smallest absolute Gasteiger partial charge is 0.433 e. The lowest BCUT2D eigenvalue weighted by molar-refractivity contribution is -0.141. The fourth-order valence-corrected chi connectivity index (χ4v) is 5.31. The van der Waals surface area contributed by atoms with E-state index in [1.807, 2.05) is 0 Å². The third kappa shape index (κ3) is 3.97. The lowest BCUT2D eigenvalue weighted by atomic mass is 9.86. The number of alkyl halides is 3. The molecule has 0 bridgehead atoms. The lowest BCUT2D eigenvalue weighted by Gasteiger charge is -2.28. The van der Waals surface area contributed by atoms with Gasteiger partial charge in [0, 0.05) is 23.0 Å². The molecule has 0 saturated heterocycles. The number of allylic oxidation sites excluding steroid dienone is 1. The largest absolute Gasteiger partial charge is 0.508 e. The van der Waals surface area contributed by atoms with E-state index in [0.29, 0.717) is 22.3 Å². The zero-order valence-corrected chi connectivity index (χ0v) is 16.4. The van der Waals surface area contributed by atoms with Gasteiger partial charge in [-0.05, 0) is 42.0 Å². The van der Waals surface area contributed by atoms with Crippen molar-refractivity contribution >= 4 is 31.6 Å². The van der Waals surface area contributed by atoms with Crippen LogP contribution in [-0.2, 0) is 20.8 Å². The zero-order chi connectivity index (χ0) is 20.7. The second kappa shape index (κ2) is 7.32. The summed E-state index contributed by atoms with van der Waals surface area (Å²) in [6.45, 7) is 0. The first kappa shape index (κ1) is 20.5. The molecule has 1 N–H and O–H groups in total. The Morgan fingerprint density at radius 3 is 2.50 bits per heavy atom. The van der Waals surface area contributed by atoms with Crippen molar-refractivity contribution in [3.8, 4) is 5.75 Å². The molecule has 148 valence electrons. The molecule has 1 aromatic carbocycles. The van der Waals surface area contributed by atoms with Crippen LogP contribution in [0.15, 0.2) is 58.0 Å². The molecule has 1 heterocycles. The highest BCUT2D eigenvalue weighted by molar-refractivity contribution is 9.10. The van der Waals surface area contributed by atoms with Crippen LogP contribution in [0, 0.1) is 0 Å². The highest BCUT2D eigenvalue weighted by Gasteiger charge is 2.39. The van der Waals surface area contributed by atoms with Crippen LogP contribution < -0.4 is 0 Å². The maximum atomic E-state index is 13.1. The molecule has 10 heteroatoms. The minimum atomic E-state index is -4.69. The molecule has 0 aliphatic heterocycles. The van der Waals surface area contributed by atoms with Crippen molar-refractivity contribution in [2.45, 2.75) is 28.7 Å². The fraction of sp³-hybridized carbons (Fsp3) is 0.222. The van der Waals surface area contributed by atoms with Gasteiger partial charge in [0.05, 0.1) is 10.1 Å². The Labute approximate surface area is 167 Å². The van der Waals surface area contributed by atoms with E-state index in [1.165, 1.54) is 24.3 Å². The van der Waals surface area contributed by atoms with E-state index < -0.39 is 32.9 Å². The van der Waals surface area contributed by atoms with Gasteiger partial charge < -0.3 is 5.11 Å². The van der Waals surface area contributed by atoms with Gasteiger partial charge in [-0.1, -0.05) is 22.0 Å². The maximum Gasteiger partial charge on any atom is 0.433 e. The van der Waals surface area contributed by atoms with Crippen molar-refractivity contribution in [1.82, 2.24) is 4.98 Å². The van der Waals surface area contributed by atoms with E-state index in [1.54, 1.807) is 0 Å². The number of phenolic OH excluding ortho intramolecular Hbond substituents is 1. The SMILES string of the molecule is O=C1C=CC(S(=O)(=O)c2ccc(C(F)(F)F)nc2)C(c2cc(O)ccc2Br)C1. The van der Waals surface area contributed by atoms with Crippen LogP contribution in [0.1, 0.15) is 23.6 Å². The van der Waals surface area contributed by atoms with Gasteiger partial charge in [-0.15, -0.1) is 0 Å². The number of pyridine rings is 1. The first-order valence-electron chi connectivity index (χ1n) is 7.97. The van der Waals surface area contributed by atoms with Crippen LogP contribution >= 0.6 is 15.9 Å². The number of carbonyl (C=O) groups is 1. The monoisotopic (exact) mass is 475 g/mol. The van der Waals surface area contributed by atoms with Crippen molar-refractivity contribution in [3.05, 3.63) is 64.4 Å². The van der Waals surface area contributed by atoms with Gasteiger partial charge in [-0.3, -0.25) is 9.78 Å². The van der Waals surface area contributed by atoms with Crippen molar-refractivity contribution in [2.75, 3.05) is 0 Å². The molecule has 2 atom stereocenters. The summed E-state index contributed by atoms with van der Waals surface area (Å²) >= 11 is 3.29. The number of halogens is 4. The first-order chi connectivity index (χ1) is 13.0. The Morgan fingerprint density at radius 2 is 1.89 bits per heavy atom. The molecule has 2 aromatic rings. The summed E-state index contributed by atoms with van der Waals surface area (Å²) in [7, 11) is -4.15. The van der Waals surface area contributed by atoms with Gasteiger partial charge in [-0.25, -0.2) is 8.42 Å². The van der Waals surface area contributed by atoms with Crippen LogP contribution in [-0.4, -0.2) is 29.5 Å². The Kier molecular flexibility index (Phi) is 5.37. The van der Waals surface area contributed by atoms with E-state index in [2.05, 4.69) is 20.9 Å². The fourth-order valence-electron chi connectivity index (χ4n) is 3.03. The average molecular weight is 476 g/mol. The van der Waals surface area contributed by atoms with Gasteiger partial charge in [0.25, 0.3) is 0 Å². The number of rotatable bonds is 3. The number of aromatic nitrogens is 1. The number of benzene rings is 1. The summed E-state index contributed by atoms with van der Waals surface area (Å²) in [6, 6.07) is 5.73. The third-order valence-corrected chi connectivity index (χ3v) is 7.21. The molecule has 1 aromatic heterocycles. The standard InChI is InChI=1S/C18H13BrF3NO4S/c19-15-4-1-10(24)7-13(15)14-8-11(25)2-5-16(14)28(26,27)12-3-6-17(23-9-12)18(20,21)22/h1-7,9,14,16,24H,8H2. The van der Waals surface area contributed by atoms with E-state index in [-0.39, 0.29) is 22.8 Å². The summed E-state index contributed by atoms with van der Waals surface area (Å²) in [4.78, 5) is 14.7. The van der Waals surface area contributed by atoms with Crippen LogP contribution in [0.3, 0.4) is 0 Å². The number of phenols is 1. The molecular weight excluding hydrogens is 463 g/mol. The molecule has 5 nitrogen and oxygen atoms in total. The van der Waals surface area contributed by atoms with E-state index in [4.69, 9.17) is 0 Å². The third-order valence-electron chi connectivity index (χ3n) is 4.38. The van der Waals surface area contributed by atoms with Gasteiger partial charge in [0.2, 0.25) is 0 Å². The quantitative estimate of drug-likeness (QED) is 0.724. The molecule has 0 radical (unpaired) electrons. The van der Waals surface area contributed by atoms with Crippen LogP contribution in [0.2, 0.25) is 0 Å². The van der Waals surface area contributed by atoms with Gasteiger partial charge in [0.1, 0.15) is 11.4 Å². The van der Waals surface area contributed by atoms with Crippen molar-refractivity contribution in [3.63, 3.8) is 0 Å². The van der Waals surface area contributed by atoms with Crippen molar-refractivity contribution in [1.29, 1.82) is 0 Å². The number of aromatic hydroxyl groups is 1. The number of nitrogens with zero attached hydrogens (tertiary/aromatic N) is 1. The lowest BCUT2D eigenvalue weighted by Crippen LogP contribution is -2.31. The van der Waals surface area contributed by atoms with E-state index >= 15 is 0 Å². The molecular formula is C18H13BrF3NO4S. The molecule has 1 aliphatic carbocycles. The molecule has 0 saturated carbocycles. The number of carbonyl (C=O) groups excluding carboxylic acids is 1. The van der Waals surface area contributed by atoms with Crippen LogP contribution in [0.5, 0.6) is 5.75 Å². The summed E-state index contributed by atoms with van der Waals surface area (Å²) in [5.74, 6) is -1.23. The Hall–Kier alpha value is -2.20. The average Bonchev–Trinajstić information content (AvgIpc) is 2.63. The molecule has 2 unspecified atom stereocenters. The minimum Gasteiger partial charge on any atom is -0.508 e. The normalized spacial score (nSPS) is 20.4.